The Morgan fingerprint density at radius 3 is 0.883 bits per heavy atom. The van der Waals surface area contributed by atoms with Gasteiger partial charge in [0.15, 0.2) is 0 Å². The van der Waals surface area contributed by atoms with Gasteiger partial charge in [-0.2, -0.15) is 0 Å². The number of unbranched alkanes of at least 4 members (excludes halogenated alkanes) is 3. The SMILES string of the molecule is CCCCOc1cc(CCl)ccc1-c1cc(OC)ccc1F.CCCCOc1cc(COc2cccc([C@@H](C)CC(=O)OC)c2)ccc1-c1cc(OC)ccc1F.CCCCOc1cc(COc2cccc([C@H](C)CC(=O)OC)c2)ccc1-c1cc(OC)ccc1F.COC(=O)C[C@@H](C)c1cccc(O)c1.COC(=O)C[C@H](C)c1cccc(O)c1. The quantitative estimate of drug-likeness (QED) is 0.0160. The first-order chi connectivity index (χ1) is 57.8. The Kier molecular flexibility index (Phi) is 42.2. The number of alkyl halides is 1. The van der Waals surface area contributed by atoms with Crippen molar-refractivity contribution in [2.24, 2.45) is 0 Å². The predicted molar refractivity (Wildman–Crippen MR) is 464 cm³/mol. The summed E-state index contributed by atoms with van der Waals surface area (Å²) >= 11 is 5.89. The second-order valence-electron chi connectivity index (χ2n) is 28.4. The lowest BCUT2D eigenvalue weighted by atomic mass is 9.98. The number of ether oxygens (including phenoxy) is 12. The Balaban J connectivity index is 0.000000245. The van der Waals surface area contributed by atoms with E-state index in [-0.39, 0.29) is 76.5 Å². The van der Waals surface area contributed by atoms with E-state index in [0.29, 0.717) is 144 Å². The first-order valence-electron chi connectivity index (χ1n) is 40.0. The maximum absolute atomic E-state index is 14.7. The van der Waals surface area contributed by atoms with Gasteiger partial charge in [-0.25, -0.2) is 13.2 Å². The maximum Gasteiger partial charge on any atom is 0.306 e. The Bertz CT molecular complexity index is 4600. The molecule has 0 saturated heterocycles. The number of rotatable bonds is 37. The Morgan fingerprint density at radius 2 is 0.608 bits per heavy atom. The molecule has 2 N–H and O–H groups in total. The van der Waals surface area contributed by atoms with Crippen molar-refractivity contribution in [3.63, 3.8) is 0 Å². The summed E-state index contributed by atoms with van der Waals surface area (Å²) in [6, 6.07) is 60.2. The van der Waals surface area contributed by atoms with E-state index >= 15 is 0 Å². The molecule has 0 fully saturated rings. The summed E-state index contributed by atoms with van der Waals surface area (Å²) < 4.78 is 108. The molecule has 0 radical (unpaired) electrons. The molecular weight excluding hydrogens is 1560 g/mol. The molecule has 0 saturated carbocycles. The van der Waals surface area contributed by atoms with Gasteiger partial charge in [0.05, 0.1) is 95.3 Å². The van der Waals surface area contributed by atoms with Crippen LogP contribution in [0.4, 0.5) is 13.2 Å². The van der Waals surface area contributed by atoms with Crippen molar-refractivity contribution >= 4 is 35.5 Å². The second kappa shape index (κ2) is 52.2. The molecule has 10 aromatic rings. The van der Waals surface area contributed by atoms with E-state index < -0.39 is 0 Å². The number of phenols is 2. The molecule has 0 heterocycles. The Morgan fingerprint density at radius 1 is 0.325 bits per heavy atom. The zero-order chi connectivity index (χ0) is 87.5. The maximum atomic E-state index is 14.7. The molecule has 642 valence electrons. The smallest absolute Gasteiger partial charge is 0.306 e. The second-order valence-corrected chi connectivity index (χ2v) is 28.7. The highest BCUT2D eigenvalue weighted by Gasteiger charge is 2.21. The largest absolute Gasteiger partial charge is 0.508 e. The van der Waals surface area contributed by atoms with E-state index in [0.717, 1.165) is 77.5 Å². The van der Waals surface area contributed by atoms with Gasteiger partial charge in [-0.05, 0) is 203 Å². The number of hydrogen-bond donors (Lipinski definition) is 2. The van der Waals surface area contributed by atoms with Crippen molar-refractivity contribution in [3.05, 3.63) is 263 Å². The number of hydrogen-bond acceptors (Lipinski definition) is 18. The molecular formula is C98H114ClF3O18. The zero-order valence-electron chi connectivity index (χ0n) is 71.2. The van der Waals surface area contributed by atoms with Crippen LogP contribution in [0.25, 0.3) is 33.4 Å². The number of esters is 4. The summed E-state index contributed by atoms with van der Waals surface area (Å²) in [6.07, 6.45) is 7.06. The molecule has 120 heavy (non-hydrogen) atoms. The minimum absolute atomic E-state index is 0.0154. The van der Waals surface area contributed by atoms with E-state index in [9.17, 15) is 42.6 Å². The van der Waals surface area contributed by atoms with Gasteiger partial charge in [-0.15, -0.1) is 11.6 Å². The molecule has 0 amide bonds. The molecule has 0 aliphatic carbocycles. The van der Waals surface area contributed by atoms with Crippen LogP contribution in [0.2, 0.25) is 0 Å². The lowest BCUT2D eigenvalue weighted by molar-refractivity contribution is -0.141. The van der Waals surface area contributed by atoms with Gasteiger partial charge in [-0.1, -0.05) is 153 Å². The molecule has 0 bridgehead atoms. The number of aromatic hydroxyl groups is 2. The fourth-order valence-corrected chi connectivity index (χ4v) is 12.3. The summed E-state index contributed by atoms with van der Waals surface area (Å²) in [5.41, 5.74) is 9.99. The van der Waals surface area contributed by atoms with Crippen LogP contribution in [0.1, 0.15) is 175 Å². The van der Waals surface area contributed by atoms with Gasteiger partial charge in [0.25, 0.3) is 0 Å². The van der Waals surface area contributed by atoms with Crippen LogP contribution in [-0.2, 0) is 57.2 Å². The Labute approximate surface area is 709 Å². The summed E-state index contributed by atoms with van der Waals surface area (Å²) in [5, 5.41) is 18.5. The molecule has 0 aliphatic rings. The number of halogens is 4. The summed E-state index contributed by atoms with van der Waals surface area (Å²) in [4.78, 5) is 45.2. The van der Waals surface area contributed by atoms with E-state index in [1.165, 1.54) is 46.6 Å². The van der Waals surface area contributed by atoms with Crippen LogP contribution in [0.5, 0.6) is 57.5 Å². The minimum Gasteiger partial charge on any atom is -0.508 e. The average Bonchev–Trinajstić information content (AvgIpc) is 0.813. The molecule has 22 heteroatoms. The number of carbonyl (C=O) groups is 4. The number of benzene rings is 10. The Hall–Kier alpha value is -11.8. The van der Waals surface area contributed by atoms with Crippen LogP contribution in [0.3, 0.4) is 0 Å². The van der Waals surface area contributed by atoms with Gasteiger partial charge < -0.3 is 67.1 Å². The summed E-state index contributed by atoms with van der Waals surface area (Å²) in [7, 11) is 10.2. The summed E-state index contributed by atoms with van der Waals surface area (Å²) in [5.74, 6) is 4.09. The number of phenolic OH excluding ortho intramolecular Hbond substituents is 2. The fraction of sp³-hybridized carbons (Fsp3) is 0.347. The van der Waals surface area contributed by atoms with E-state index in [1.807, 2.05) is 143 Å². The predicted octanol–water partition coefficient (Wildman–Crippen LogP) is 23.4. The van der Waals surface area contributed by atoms with Crippen LogP contribution in [0, 0.1) is 17.5 Å². The number of methoxy groups -OCH3 is 7. The van der Waals surface area contributed by atoms with Gasteiger partial charge in [0.1, 0.15) is 88.2 Å². The van der Waals surface area contributed by atoms with Gasteiger partial charge in [0.2, 0.25) is 0 Å². The highest BCUT2D eigenvalue weighted by atomic mass is 35.5. The zero-order valence-corrected chi connectivity index (χ0v) is 71.9. The third-order valence-corrected chi connectivity index (χ3v) is 19.6. The van der Waals surface area contributed by atoms with Crippen molar-refractivity contribution in [3.8, 4) is 90.9 Å². The lowest BCUT2D eigenvalue weighted by Crippen LogP contribution is -2.06. The molecule has 0 spiro atoms. The average molecular weight is 1670 g/mol. The topological polar surface area (TPSA) is 219 Å². The van der Waals surface area contributed by atoms with E-state index in [2.05, 4.69) is 30.2 Å². The molecule has 10 aromatic carbocycles. The van der Waals surface area contributed by atoms with Gasteiger partial charge in [-0.3, -0.25) is 19.2 Å². The van der Waals surface area contributed by atoms with E-state index in [4.69, 9.17) is 59.0 Å². The third kappa shape index (κ3) is 32.1. The van der Waals surface area contributed by atoms with Crippen molar-refractivity contribution in [2.45, 2.75) is 155 Å². The number of carbonyl (C=O) groups excluding carboxylic acids is 4. The summed E-state index contributed by atoms with van der Waals surface area (Å²) in [6.45, 7) is 16.4. The van der Waals surface area contributed by atoms with Gasteiger partial charge in [0, 0.05) is 39.3 Å². The molecule has 18 nitrogen and oxygen atoms in total. The van der Waals surface area contributed by atoms with Crippen LogP contribution in [-0.4, -0.2) is 104 Å². The molecule has 0 aromatic heterocycles. The van der Waals surface area contributed by atoms with Crippen LogP contribution < -0.4 is 37.9 Å². The monoisotopic (exact) mass is 1670 g/mol. The fourth-order valence-electron chi connectivity index (χ4n) is 12.1. The van der Waals surface area contributed by atoms with Crippen molar-refractivity contribution < 1.29 is 99.4 Å². The van der Waals surface area contributed by atoms with Crippen molar-refractivity contribution in [1.82, 2.24) is 0 Å². The van der Waals surface area contributed by atoms with Crippen LogP contribution >= 0.6 is 11.6 Å². The molecule has 0 unspecified atom stereocenters. The lowest BCUT2D eigenvalue weighted by Gasteiger charge is -2.16. The van der Waals surface area contributed by atoms with Crippen molar-refractivity contribution in [1.29, 1.82) is 0 Å². The molecule has 10 rings (SSSR count). The molecule has 0 aliphatic heterocycles. The standard InChI is InChI=1S/2C29H33FO5.C18H20ClFO2.2C11H14O3/c2*1-5-6-14-34-28-16-21(10-12-25(28)26-18-23(32-3)11-13-27(26)30)19-35-24-9-7-8-22(17-24)20(2)15-29(31)33-4;1-3-4-9-22-18-10-13(12-19)5-7-15(18)16-11-14(21-2)6-8-17(16)20;2*1-8(6-11(13)14-2)9-4-3-5-10(12)7-9/h2*7-13,16-18,20H,5-6,14-15,19H2,1-4H3;5-8,10-11H,3-4,9,12H2,1-2H3;2*3-5,7-8,12H,6H2,1-2H3/t2*20-;;2*8-/m10.10/s1. The highest BCUT2D eigenvalue weighted by Crippen LogP contribution is 2.40. The highest BCUT2D eigenvalue weighted by molar-refractivity contribution is 6.17. The van der Waals surface area contributed by atoms with Crippen LogP contribution in [0.15, 0.2) is 206 Å². The first-order valence-corrected chi connectivity index (χ1v) is 40.5. The normalized spacial score (nSPS) is 11.5. The molecule has 4 atom stereocenters. The van der Waals surface area contributed by atoms with Gasteiger partial charge >= 0.3 is 23.9 Å². The minimum atomic E-state index is -0.340. The van der Waals surface area contributed by atoms with E-state index in [1.54, 1.807) is 94.1 Å². The van der Waals surface area contributed by atoms with Crippen molar-refractivity contribution in [2.75, 3.05) is 69.6 Å². The first kappa shape index (κ1) is 97.0. The third-order valence-electron chi connectivity index (χ3n) is 19.3.